The molecule has 0 spiro atoms. The summed E-state index contributed by atoms with van der Waals surface area (Å²) in [6, 6.07) is 2.92. The zero-order valence-electron chi connectivity index (χ0n) is 14.2. The smallest absolute Gasteiger partial charge is 0.141 e. The van der Waals surface area contributed by atoms with E-state index >= 15 is 0 Å². The lowest BCUT2D eigenvalue weighted by Crippen LogP contribution is -2.38. The maximum absolute atomic E-state index is 4.44. The van der Waals surface area contributed by atoms with Crippen molar-refractivity contribution in [1.82, 2.24) is 26.3 Å². The Balaban J connectivity index is 1.26. The van der Waals surface area contributed by atoms with Crippen molar-refractivity contribution in [2.75, 3.05) is 6.54 Å². The summed E-state index contributed by atoms with van der Waals surface area (Å²) in [6.07, 6.45) is 10.4. The fourth-order valence-electron chi connectivity index (χ4n) is 4.38. The standard InChI is InChI=1S/C18H26N6/c1-11-8-15(11)20-9-12-2-4-13(5-3-12)16-17-14-6-7-19-18(14)21-10-24(17)23-22-16/h6-7,10-13,15,19-20,22-23H,2-5,8-9H2,1H3. The van der Waals surface area contributed by atoms with Gasteiger partial charge in [0.2, 0.25) is 0 Å². The summed E-state index contributed by atoms with van der Waals surface area (Å²) in [5.74, 6) is 3.32. The second-order valence-electron chi connectivity index (χ2n) is 7.80. The molecule has 24 heavy (non-hydrogen) atoms. The van der Waals surface area contributed by atoms with Gasteiger partial charge in [0, 0.05) is 23.7 Å². The monoisotopic (exact) mass is 326 g/mol. The molecular weight excluding hydrogens is 300 g/mol. The number of aliphatic imine (C=N–C) groups is 1. The molecule has 2 aliphatic carbocycles. The van der Waals surface area contributed by atoms with E-state index in [2.05, 4.69) is 39.2 Å². The van der Waals surface area contributed by atoms with Crippen LogP contribution in [0.5, 0.6) is 0 Å². The lowest BCUT2D eigenvalue weighted by atomic mass is 9.79. The number of rotatable bonds is 4. The Bertz CT molecular complexity index is 681. The molecule has 2 fully saturated rings. The van der Waals surface area contributed by atoms with Crippen LogP contribution in [-0.2, 0) is 0 Å². The van der Waals surface area contributed by atoms with Crippen LogP contribution in [-0.4, -0.2) is 28.9 Å². The first-order chi connectivity index (χ1) is 11.8. The lowest BCUT2D eigenvalue weighted by Gasteiger charge is -2.30. The van der Waals surface area contributed by atoms with Crippen LogP contribution < -0.4 is 16.3 Å². The maximum Gasteiger partial charge on any atom is 0.141 e. The molecule has 4 N–H and O–H groups in total. The van der Waals surface area contributed by atoms with Crippen LogP contribution in [0.3, 0.4) is 0 Å². The van der Waals surface area contributed by atoms with Crippen molar-refractivity contribution >= 4 is 17.9 Å². The molecule has 4 aliphatic rings. The summed E-state index contributed by atoms with van der Waals surface area (Å²) in [5, 5.41) is 5.75. The summed E-state index contributed by atoms with van der Waals surface area (Å²) in [5.41, 5.74) is 10.4. The molecule has 0 radical (unpaired) electrons. The highest BCUT2D eigenvalue weighted by Crippen LogP contribution is 2.40. The maximum atomic E-state index is 4.44. The number of H-pyrrole nitrogens is 1. The molecule has 3 heterocycles. The Labute approximate surface area is 142 Å². The van der Waals surface area contributed by atoms with Crippen molar-refractivity contribution in [1.29, 1.82) is 0 Å². The van der Waals surface area contributed by atoms with Gasteiger partial charge in [0.15, 0.2) is 0 Å². The normalized spacial score (nSPS) is 34.1. The number of allylic oxidation sites excluding steroid dienone is 1. The third-order valence-corrected chi connectivity index (χ3v) is 6.12. The van der Waals surface area contributed by atoms with Gasteiger partial charge in [-0.15, -0.1) is 5.53 Å². The van der Waals surface area contributed by atoms with Crippen molar-refractivity contribution < 1.29 is 0 Å². The number of aromatic nitrogens is 1. The summed E-state index contributed by atoms with van der Waals surface area (Å²) in [7, 11) is 0. The van der Waals surface area contributed by atoms with Gasteiger partial charge in [-0.25, -0.2) is 10.0 Å². The van der Waals surface area contributed by atoms with Crippen LogP contribution in [0.25, 0.3) is 5.70 Å². The summed E-state index contributed by atoms with van der Waals surface area (Å²) < 4.78 is 0. The van der Waals surface area contributed by atoms with E-state index in [0.717, 1.165) is 23.7 Å². The number of hydrogen-bond acceptors (Lipinski definition) is 5. The van der Waals surface area contributed by atoms with E-state index in [0.29, 0.717) is 5.92 Å². The van der Waals surface area contributed by atoms with Crippen LogP contribution in [0.4, 0.5) is 5.82 Å². The fourth-order valence-corrected chi connectivity index (χ4v) is 4.38. The molecule has 1 aromatic heterocycles. The Hall–Kier alpha value is -1.79. The van der Waals surface area contributed by atoms with Gasteiger partial charge in [-0.3, -0.25) is 0 Å². The zero-order valence-corrected chi connectivity index (χ0v) is 14.2. The molecule has 6 nitrogen and oxygen atoms in total. The van der Waals surface area contributed by atoms with Crippen molar-refractivity contribution in [3.05, 3.63) is 23.5 Å². The van der Waals surface area contributed by atoms with Crippen LogP contribution in [0.15, 0.2) is 23.0 Å². The third-order valence-electron chi connectivity index (χ3n) is 6.12. The first-order valence-corrected chi connectivity index (χ1v) is 9.30. The molecule has 5 rings (SSSR count). The second-order valence-corrected chi connectivity index (χ2v) is 7.80. The fraction of sp³-hybridized carbons (Fsp3) is 0.611. The summed E-state index contributed by atoms with van der Waals surface area (Å²) in [4.78, 5) is 7.66. The van der Waals surface area contributed by atoms with Crippen molar-refractivity contribution in [2.45, 2.75) is 45.1 Å². The van der Waals surface area contributed by atoms with E-state index in [-0.39, 0.29) is 0 Å². The number of fused-ring (bicyclic) bond motifs is 3. The summed E-state index contributed by atoms with van der Waals surface area (Å²) >= 11 is 0. The molecular formula is C18H26N6. The van der Waals surface area contributed by atoms with E-state index < -0.39 is 0 Å². The molecule has 1 aromatic rings. The minimum absolute atomic E-state index is 0.614. The van der Waals surface area contributed by atoms with E-state index in [1.807, 2.05) is 17.5 Å². The van der Waals surface area contributed by atoms with Crippen LogP contribution in [0, 0.1) is 17.8 Å². The Morgan fingerprint density at radius 2 is 2.12 bits per heavy atom. The Kier molecular flexibility index (Phi) is 3.41. The predicted octanol–water partition coefficient (Wildman–Crippen LogP) is 2.49. The number of aromatic amines is 1. The lowest BCUT2D eigenvalue weighted by molar-refractivity contribution is 0.281. The van der Waals surface area contributed by atoms with Gasteiger partial charge in [0.25, 0.3) is 0 Å². The van der Waals surface area contributed by atoms with E-state index in [9.17, 15) is 0 Å². The van der Waals surface area contributed by atoms with E-state index in [4.69, 9.17) is 0 Å². The highest BCUT2D eigenvalue weighted by atomic mass is 15.7. The van der Waals surface area contributed by atoms with Gasteiger partial charge >= 0.3 is 0 Å². The predicted molar refractivity (Wildman–Crippen MR) is 95.0 cm³/mol. The van der Waals surface area contributed by atoms with Crippen molar-refractivity contribution in [2.24, 2.45) is 22.7 Å². The minimum atomic E-state index is 0.614. The molecule has 0 saturated heterocycles. The molecule has 2 saturated carbocycles. The molecule has 128 valence electrons. The third kappa shape index (κ3) is 2.45. The first kappa shape index (κ1) is 14.5. The molecule has 0 aromatic carbocycles. The van der Waals surface area contributed by atoms with E-state index in [1.54, 1.807) is 0 Å². The number of hydrogen-bond donors (Lipinski definition) is 4. The minimum Gasteiger partial charge on any atom is -0.346 e. The molecule has 2 unspecified atom stereocenters. The SMILES string of the molecule is CC1CC1NCC1CCC(C2=C3c4cc[nH]c4N=CN3NN2)CC1. The largest absolute Gasteiger partial charge is 0.346 e. The topological polar surface area (TPSA) is 67.5 Å². The highest BCUT2D eigenvalue weighted by molar-refractivity contribution is 5.87. The quantitative estimate of drug-likeness (QED) is 0.686. The molecule has 2 atom stereocenters. The Morgan fingerprint density at radius 1 is 1.29 bits per heavy atom. The highest BCUT2D eigenvalue weighted by Gasteiger charge is 2.35. The van der Waals surface area contributed by atoms with Gasteiger partial charge in [-0.2, -0.15) is 0 Å². The van der Waals surface area contributed by atoms with Crippen molar-refractivity contribution in [3.8, 4) is 0 Å². The van der Waals surface area contributed by atoms with E-state index in [1.165, 1.54) is 55.6 Å². The molecule has 0 amide bonds. The average molecular weight is 326 g/mol. The van der Waals surface area contributed by atoms with Crippen LogP contribution in [0.2, 0.25) is 0 Å². The molecule has 0 bridgehead atoms. The summed E-state index contributed by atoms with van der Waals surface area (Å²) in [6.45, 7) is 3.55. The van der Waals surface area contributed by atoms with Crippen LogP contribution >= 0.6 is 0 Å². The van der Waals surface area contributed by atoms with Gasteiger partial charge in [-0.05, 0) is 56.6 Å². The zero-order chi connectivity index (χ0) is 16.1. The molecule has 6 heteroatoms. The van der Waals surface area contributed by atoms with Gasteiger partial charge in [0.1, 0.15) is 12.2 Å². The first-order valence-electron chi connectivity index (χ1n) is 9.30. The van der Waals surface area contributed by atoms with Crippen LogP contribution in [0.1, 0.15) is 44.6 Å². The Morgan fingerprint density at radius 3 is 2.92 bits per heavy atom. The number of hydrazine groups is 2. The van der Waals surface area contributed by atoms with Gasteiger partial charge < -0.3 is 15.7 Å². The van der Waals surface area contributed by atoms with Crippen molar-refractivity contribution in [3.63, 3.8) is 0 Å². The average Bonchev–Trinajstić information content (AvgIpc) is 3.02. The second kappa shape index (κ2) is 5.63. The number of nitrogens with one attached hydrogen (secondary N) is 4. The molecule has 2 aliphatic heterocycles. The van der Waals surface area contributed by atoms with Gasteiger partial charge in [0.05, 0.1) is 11.4 Å². The number of nitrogens with zero attached hydrogens (tertiary/aromatic N) is 2. The van der Waals surface area contributed by atoms with Gasteiger partial charge in [-0.1, -0.05) is 6.92 Å².